The molecule has 0 amide bonds. The van der Waals surface area contributed by atoms with Gasteiger partial charge in [-0.1, -0.05) is 27.7 Å². The summed E-state index contributed by atoms with van der Waals surface area (Å²) >= 11 is 0. The Morgan fingerprint density at radius 3 is 1.95 bits per heavy atom. The van der Waals surface area contributed by atoms with Gasteiger partial charge in [-0.05, 0) is 19.0 Å². The minimum absolute atomic E-state index is 0. The van der Waals surface area contributed by atoms with Crippen molar-refractivity contribution in [3.63, 3.8) is 0 Å². The minimum atomic E-state index is 0. The maximum absolute atomic E-state index is 12.0. The first-order valence-corrected chi connectivity index (χ1v) is 6.99. The third-order valence-electron chi connectivity index (χ3n) is 2.67. The molecule has 0 fully saturated rings. The van der Waals surface area contributed by atoms with Crippen LogP contribution in [0.1, 0.15) is 60.8 Å². The second-order valence-corrected chi connectivity index (χ2v) is 5.20. The number of Topliss-reactive ketones (excluding diaryl/α,β-unsaturated/α-hetero) is 1. The van der Waals surface area contributed by atoms with E-state index >= 15 is 0 Å². The van der Waals surface area contributed by atoms with Gasteiger partial charge in [-0.3, -0.25) is 0 Å². The topological polar surface area (TPSA) is 20.3 Å². The summed E-state index contributed by atoms with van der Waals surface area (Å²) in [6.45, 7) is 16.0. The zero-order chi connectivity index (χ0) is 14.7. The van der Waals surface area contributed by atoms with Crippen LogP contribution in [0.15, 0.2) is 0 Å². The summed E-state index contributed by atoms with van der Waals surface area (Å²) in [6, 6.07) is 1.34. The molecule has 0 aliphatic rings. The van der Waals surface area contributed by atoms with E-state index in [1.54, 1.807) is 0 Å². The van der Waals surface area contributed by atoms with Gasteiger partial charge in [-0.25, -0.2) is 6.04 Å². The summed E-state index contributed by atoms with van der Waals surface area (Å²) in [4.78, 5) is 14.1. The number of carbonyl (C=O) groups is 1. The van der Waals surface area contributed by atoms with E-state index in [0.29, 0.717) is 6.04 Å². The first kappa shape index (κ1) is 24.6. The molecule has 0 aromatic rings. The van der Waals surface area contributed by atoms with Crippen molar-refractivity contribution in [3.05, 3.63) is 19.4 Å². The molecule has 0 saturated heterocycles. The molecule has 2 nitrogen and oxygen atoms in total. The van der Waals surface area contributed by atoms with Crippen molar-refractivity contribution in [1.29, 1.82) is 0 Å². The molecule has 3 heteroatoms. The van der Waals surface area contributed by atoms with Crippen LogP contribution in [0.4, 0.5) is 0 Å². The summed E-state index contributed by atoms with van der Waals surface area (Å²) in [7, 11) is 2.00. The number of ketones is 1. The molecule has 0 saturated carbocycles. The van der Waals surface area contributed by atoms with Crippen LogP contribution in [-0.2, 0) is 37.5 Å². The molecule has 0 aliphatic heterocycles. The molecule has 0 heterocycles. The molecule has 19 heavy (non-hydrogen) atoms. The molecular formula is C16H32NOY. The van der Waals surface area contributed by atoms with E-state index in [1.807, 2.05) is 41.2 Å². The zero-order valence-electron chi connectivity index (χ0n) is 14.0. The Morgan fingerprint density at radius 1 is 1.26 bits per heavy atom. The van der Waals surface area contributed by atoms with E-state index in [2.05, 4.69) is 25.7 Å². The molecule has 0 spiro atoms. The standard InChI is InChI=1S/C13H25NO.C3H7.Y/c1-7-8-9-12(13(15)10(2)3)14(6)11(4)5;1-3-2;/h10-11H,1,7-9H2,2-6H3;3H,1-2H3;/q-2;-1;+3. The largest absolute Gasteiger partial charge is 3.00 e. The van der Waals surface area contributed by atoms with Crippen molar-refractivity contribution in [2.45, 2.75) is 66.8 Å². The summed E-state index contributed by atoms with van der Waals surface area (Å²) in [5, 5.41) is 0. The Labute approximate surface area is 147 Å². The normalized spacial score (nSPS) is 10.1. The second-order valence-electron chi connectivity index (χ2n) is 5.20. The fourth-order valence-electron chi connectivity index (χ4n) is 1.41. The van der Waals surface area contributed by atoms with E-state index in [0.717, 1.165) is 25.3 Å². The van der Waals surface area contributed by atoms with Crippen molar-refractivity contribution in [2.24, 2.45) is 5.92 Å². The van der Waals surface area contributed by atoms with Crippen LogP contribution in [0.2, 0.25) is 0 Å². The Hall–Kier alpha value is 0.604. The number of unbranched alkanes of at least 4 members (excludes halogenated alkanes) is 1. The Bertz CT molecular complexity index is 205. The summed E-state index contributed by atoms with van der Waals surface area (Å²) in [6.07, 6.45) is 4.74. The molecule has 0 bridgehead atoms. The predicted octanol–water partition coefficient (Wildman–Crippen LogP) is 4.32. The van der Waals surface area contributed by atoms with E-state index in [1.165, 1.54) is 0 Å². The summed E-state index contributed by atoms with van der Waals surface area (Å²) in [5.74, 6) is 0.366. The van der Waals surface area contributed by atoms with E-state index < -0.39 is 0 Å². The number of carbonyl (C=O) groups excluding carboxylic acids is 1. The van der Waals surface area contributed by atoms with Gasteiger partial charge in [0.05, 0.1) is 0 Å². The van der Waals surface area contributed by atoms with Gasteiger partial charge in [0.25, 0.3) is 0 Å². The van der Waals surface area contributed by atoms with Crippen molar-refractivity contribution < 1.29 is 37.5 Å². The smallest absolute Gasteiger partial charge is 0.432 e. The van der Waals surface area contributed by atoms with Crippen LogP contribution >= 0.6 is 0 Å². The monoisotopic (exact) mass is 343 g/mol. The van der Waals surface area contributed by atoms with Gasteiger partial charge >= 0.3 is 32.7 Å². The Balaban J connectivity index is -0.000000580. The van der Waals surface area contributed by atoms with Crippen LogP contribution in [-0.4, -0.2) is 23.8 Å². The zero-order valence-corrected chi connectivity index (χ0v) is 16.8. The number of nitrogens with zero attached hydrogens (tertiary/aromatic N) is 1. The van der Waals surface area contributed by atoms with Crippen LogP contribution in [0.3, 0.4) is 0 Å². The fraction of sp³-hybridized carbons (Fsp3) is 0.750. The van der Waals surface area contributed by atoms with Gasteiger partial charge in [0.15, 0.2) is 0 Å². The number of rotatable bonds is 7. The van der Waals surface area contributed by atoms with Gasteiger partial charge in [-0.15, -0.1) is 12.8 Å². The number of hydrogen-bond acceptors (Lipinski definition) is 2. The van der Waals surface area contributed by atoms with Gasteiger partial charge in [0.2, 0.25) is 0 Å². The van der Waals surface area contributed by atoms with Crippen LogP contribution < -0.4 is 0 Å². The molecule has 110 valence electrons. The predicted molar refractivity (Wildman–Crippen MR) is 80.8 cm³/mol. The van der Waals surface area contributed by atoms with Gasteiger partial charge in [0.1, 0.15) is 0 Å². The van der Waals surface area contributed by atoms with Crippen LogP contribution in [0.5, 0.6) is 0 Å². The number of hydrogen-bond donors (Lipinski definition) is 0. The van der Waals surface area contributed by atoms with Gasteiger partial charge in [-0.2, -0.15) is 20.3 Å². The SMILES string of the molecule is C[CH-]C.[CH2-]CCC[C-](C(=O)C(C)C)N(C)C(C)C.[Y+3]. The average Bonchev–Trinajstić information content (AvgIpc) is 2.29. The van der Waals surface area contributed by atoms with Crippen molar-refractivity contribution >= 4 is 5.78 Å². The average molecular weight is 343 g/mol. The molecule has 0 N–H and O–H groups in total. The Morgan fingerprint density at radius 2 is 1.68 bits per heavy atom. The Kier molecular flexibility index (Phi) is 19.4. The van der Waals surface area contributed by atoms with E-state index in [9.17, 15) is 4.79 Å². The second kappa shape index (κ2) is 15.0. The maximum Gasteiger partial charge on any atom is 3.00 e. The molecule has 0 atom stereocenters. The molecule has 0 aromatic carbocycles. The van der Waals surface area contributed by atoms with Gasteiger partial charge in [0, 0.05) is 5.78 Å². The quantitative estimate of drug-likeness (QED) is 0.642. The van der Waals surface area contributed by atoms with E-state index in [-0.39, 0.29) is 44.4 Å². The molecule has 0 aromatic heterocycles. The molecule has 0 unspecified atom stereocenters. The molecule has 0 aliphatic carbocycles. The van der Waals surface area contributed by atoms with Crippen molar-refractivity contribution in [1.82, 2.24) is 4.90 Å². The molecule has 0 radical (unpaired) electrons. The van der Waals surface area contributed by atoms with Crippen molar-refractivity contribution in [3.8, 4) is 0 Å². The third-order valence-corrected chi connectivity index (χ3v) is 2.67. The maximum atomic E-state index is 12.0. The minimum Gasteiger partial charge on any atom is -0.432 e. The van der Waals surface area contributed by atoms with Crippen LogP contribution in [0.25, 0.3) is 0 Å². The number of likely N-dealkylation sites (N-methyl/N-ethyl adjacent to an activating group) is 1. The first-order valence-electron chi connectivity index (χ1n) is 6.99. The molecular weight excluding hydrogens is 311 g/mol. The van der Waals surface area contributed by atoms with Crippen molar-refractivity contribution in [2.75, 3.05) is 7.05 Å². The van der Waals surface area contributed by atoms with Gasteiger partial charge < -0.3 is 23.0 Å². The third kappa shape index (κ3) is 12.1. The first-order chi connectivity index (χ1) is 8.33. The van der Waals surface area contributed by atoms with Crippen LogP contribution in [0, 0.1) is 25.3 Å². The summed E-state index contributed by atoms with van der Waals surface area (Å²) in [5.41, 5.74) is 0. The van der Waals surface area contributed by atoms with E-state index in [4.69, 9.17) is 0 Å². The fourth-order valence-corrected chi connectivity index (χ4v) is 1.41. The summed E-state index contributed by atoms with van der Waals surface area (Å²) < 4.78 is 0. The molecule has 0 rings (SSSR count).